The summed E-state index contributed by atoms with van der Waals surface area (Å²) in [6.45, 7) is 1.96. The third kappa shape index (κ3) is 5.80. The van der Waals surface area contributed by atoms with Crippen molar-refractivity contribution in [1.82, 2.24) is 10.3 Å². The molecule has 0 unspecified atom stereocenters. The molecule has 1 atom stereocenters. The molecule has 0 saturated carbocycles. The van der Waals surface area contributed by atoms with E-state index in [9.17, 15) is 9.59 Å². The van der Waals surface area contributed by atoms with Crippen LogP contribution in [0.3, 0.4) is 0 Å². The van der Waals surface area contributed by atoms with E-state index in [0.29, 0.717) is 28.6 Å². The topological polar surface area (TPSA) is 80.3 Å². The summed E-state index contributed by atoms with van der Waals surface area (Å²) in [4.78, 5) is 29.2. The third-order valence-electron chi connectivity index (χ3n) is 4.08. The van der Waals surface area contributed by atoms with E-state index in [1.807, 2.05) is 6.07 Å². The quantitative estimate of drug-likeness (QED) is 0.616. The molecule has 2 N–H and O–H groups in total. The lowest BCUT2D eigenvalue weighted by Gasteiger charge is -2.16. The molecule has 0 fully saturated rings. The van der Waals surface area contributed by atoms with Crippen molar-refractivity contribution in [1.29, 1.82) is 0 Å². The first-order valence-electron chi connectivity index (χ1n) is 9.02. The minimum atomic E-state index is -0.778. The van der Waals surface area contributed by atoms with Crippen LogP contribution < -0.4 is 15.4 Å². The number of aromatic nitrogens is 1. The van der Waals surface area contributed by atoms with Crippen LogP contribution in [0.15, 0.2) is 73.1 Å². The van der Waals surface area contributed by atoms with Gasteiger partial charge in [-0.3, -0.25) is 14.6 Å². The van der Waals surface area contributed by atoms with Crippen molar-refractivity contribution in [2.75, 3.05) is 5.32 Å². The molecule has 148 valence electrons. The number of benzene rings is 2. The second kappa shape index (κ2) is 9.71. The van der Waals surface area contributed by atoms with Gasteiger partial charge in [-0.05, 0) is 48.9 Å². The van der Waals surface area contributed by atoms with Gasteiger partial charge in [-0.15, -0.1) is 0 Å². The number of nitrogens with zero attached hydrogens (tertiary/aromatic N) is 1. The Morgan fingerprint density at radius 2 is 1.93 bits per heavy atom. The van der Waals surface area contributed by atoms with Crippen molar-refractivity contribution in [3.8, 4) is 5.75 Å². The van der Waals surface area contributed by atoms with Crippen LogP contribution in [0.5, 0.6) is 5.75 Å². The van der Waals surface area contributed by atoms with Gasteiger partial charge in [0.15, 0.2) is 6.10 Å². The molecule has 2 amide bonds. The van der Waals surface area contributed by atoms with E-state index < -0.39 is 6.10 Å². The van der Waals surface area contributed by atoms with Crippen LogP contribution in [0.1, 0.15) is 22.8 Å². The largest absolute Gasteiger partial charge is 0.481 e. The van der Waals surface area contributed by atoms with E-state index in [-0.39, 0.29) is 11.8 Å². The average Bonchev–Trinajstić information content (AvgIpc) is 2.73. The second-order valence-electron chi connectivity index (χ2n) is 6.30. The summed E-state index contributed by atoms with van der Waals surface area (Å²) in [6.07, 6.45) is 2.57. The van der Waals surface area contributed by atoms with Gasteiger partial charge >= 0.3 is 0 Å². The van der Waals surface area contributed by atoms with Gasteiger partial charge in [-0.1, -0.05) is 35.9 Å². The zero-order chi connectivity index (χ0) is 20.6. The normalized spacial score (nSPS) is 11.4. The summed E-state index contributed by atoms with van der Waals surface area (Å²) in [7, 11) is 0. The molecule has 0 saturated heterocycles. The molecule has 3 rings (SSSR count). The highest BCUT2D eigenvalue weighted by molar-refractivity contribution is 6.30. The first-order chi connectivity index (χ1) is 14.0. The van der Waals surface area contributed by atoms with Crippen LogP contribution in [0.4, 0.5) is 5.69 Å². The lowest BCUT2D eigenvalue weighted by Crippen LogP contribution is -2.31. The Morgan fingerprint density at radius 1 is 1.10 bits per heavy atom. The molecular weight excluding hydrogens is 390 g/mol. The molecule has 0 radical (unpaired) electrons. The van der Waals surface area contributed by atoms with Gasteiger partial charge in [-0.2, -0.15) is 0 Å². The number of ether oxygens (including phenoxy) is 1. The summed E-state index contributed by atoms with van der Waals surface area (Å²) in [5, 5.41) is 6.10. The highest BCUT2D eigenvalue weighted by Gasteiger charge is 2.18. The smallest absolute Gasteiger partial charge is 0.265 e. The van der Waals surface area contributed by atoms with Gasteiger partial charge in [0.2, 0.25) is 0 Å². The molecule has 0 aliphatic carbocycles. The molecular formula is C22H20ClN3O3. The van der Waals surface area contributed by atoms with Crippen molar-refractivity contribution in [2.45, 2.75) is 19.6 Å². The number of hydrogen-bond donors (Lipinski definition) is 2. The highest BCUT2D eigenvalue weighted by Crippen LogP contribution is 2.20. The maximum atomic E-state index is 12.6. The Morgan fingerprint density at radius 3 is 2.69 bits per heavy atom. The number of rotatable bonds is 7. The summed E-state index contributed by atoms with van der Waals surface area (Å²) in [6, 6.07) is 17.3. The molecule has 1 aromatic heterocycles. The number of pyridine rings is 1. The van der Waals surface area contributed by atoms with Crippen molar-refractivity contribution in [2.24, 2.45) is 0 Å². The molecule has 0 aliphatic heterocycles. The Balaban J connectivity index is 1.64. The number of halogens is 1. The fraction of sp³-hybridized carbons (Fsp3) is 0.136. The number of carbonyl (C=O) groups is 2. The standard InChI is InChI=1S/C22H20ClN3O3/c1-15(29-18-8-4-7-17(23)12-18)21(27)26-20-10-3-2-9-19(20)22(28)25-14-16-6-5-11-24-13-16/h2-13,15H,14H2,1H3,(H,25,28)(H,26,27)/t15-/m1/s1. The maximum Gasteiger partial charge on any atom is 0.265 e. The first-order valence-corrected chi connectivity index (χ1v) is 9.40. The molecule has 2 aromatic carbocycles. The Bertz CT molecular complexity index is 995. The lowest BCUT2D eigenvalue weighted by atomic mass is 10.1. The summed E-state index contributed by atoms with van der Waals surface area (Å²) < 4.78 is 5.63. The molecule has 0 bridgehead atoms. The average molecular weight is 410 g/mol. The van der Waals surface area contributed by atoms with Gasteiger partial charge in [-0.25, -0.2) is 0 Å². The third-order valence-corrected chi connectivity index (χ3v) is 4.32. The van der Waals surface area contributed by atoms with Crippen LogP contribution in [-0.2, 0) is 11.3 Å². The van der Waals surface area contributed by atoms with Gasteiger partial charge in [0, 0.05) is 24.0 Å². The van der Waals surface area contributed by atoms with E-state index >= 15 is 0 Å². The van der Waals surface area contributed by atoms with E-state index in [1.165, 1.54) is 0 Å². The minimum Gasteiger partial charge on any atom is -0.481 e. The maximum absolute atomic E-state index is 12.6. The van der Waals surface area contributed by atoms with Crippen LogP contribution >= 0.6 is 11.6 Å². The summed E-state index contributed by atoms with van der Waals surface area (Å²) in [5.74, 6) is -0.187. The molecule has 7 heteroatoms. The molecule has 3 aromatic rings. The molecule has 29 heavy (non-hydrogen) atoms. The molecule has 6 nitrogen and oxygen atoms in total. The van der Waals surface area contributed by atoms with Crippen molar-refractivity contribution in [3.05, 3.63) is 89.2 Å². The molecule has 0 spiro atoms. The monoisotopic (exact) mass is 409 g/mol. The zero-order valence-corrected chi connectivity index (χ0v) is 16.5. The summed E-state index contributed by atoms with van der Waals surface area (Å²) in [5.41, 5.74) is 1.65. The predicted octanol–water partition coefficient (Wildman–Crippen LogP) is 4.07. The Hall–Kier alpha value is -3.38. The van der Waals surface area contributed by atoms with Gasteiger partial charge < -0.3 is 15.4 Å². The van der Waals surface area contributed by atoms with E-state index in [4.69, 9.17) is 16.3 Å². The van der Waals surface area contributed by atoms with Crippen molar-refractivity contribution >= 4 is 29.1 Å². The SMILES string of the molecule is C[C@@H](Oc1cccc(Cl)c1)C(=O)Nc1ccccc1C(=O)NCc1cccnc1. The predicted molar refractivity (Wildman–Crippen MR) is 112 cm³/mol. The number of para-hydroxylation sites is 1. The van der Waals surface area contributed by atoms with E-state index in [0.717, 1.165) is 5.56 Å². The lowest BCUT2D eigenvalue weighted by molar-refractivity contribution is -0.122. The molecule has 0 aliphatic rings. The van der Waals surface area contributed by atoms with Crippen LogP contribution in [0, 0.1) is 0 Å². The zero-order valence-electron chi connectivity index (χ0n) is 15.8. The Labute approximate surface area is 173 Å². The van der Waals surface area contributed by atoms with Crippen LogP contribution in [0.25, 0.3) is 0 Å². The van der Waals surface area contributed by atoms with Gasteiger partial charge in [0.25, 0.3) is 11.8 Å². The summed E-state index contributed by atoms with van der Waals surface area (Å²) >= 11 is 5.94. The first kappa shape index (κ1) is 20.4. The second-order valence-corrected chi connectivity index (χ2v) is 6.73. The van der Waals surface area contributed by atoms with Crippen molar-refractivity contribution < 1.29 is 14.3 Å². The number of amides is 2. The van der Waals surface area contributed by atoms with E-state index in [2.05, 4.69) is 15.6 Å². The van der Waals surface area contributed by atoms with Gasteiger partial charge in [0.05, 0.1) is 11.3 Å². The van der Waals surface area contributed by atoms with E-state index in [1.54, 1.807) is 73.9 Å². The van der Waals surface area contributed by atoms with Crippen LogP contribution in [-0.4, -0.2) is 22.9 Å². The number of hydrogen-bond acceptors (Lipinski definition) is 4. The fourth-order valence-electron chi connectivity index (χ4n) is 2.60. The highest BCUT2D eigenvalue weighted by atomic mass is 35.5. The van der Waals surface area contributed by atoms with Crippen LogP contribution in [0.2, 0.25) is 5.02 Å². The Kier molecular flexibility index (Phi) is 6.81. The van der Waals surface area contributed by atoms with Gasteiger partial charge in [0.1, 0.15) is 5.75 Å². The number of nitrogens with one attached hydrogen (secondary N) is 2. The number of carbonyl (C=O) groups excluding carboxylic acids is 2. The van der Waals surface area contributed by atoms with Crippen molar-refractivity contribution in [3.63, 3.8) is 0 Å². The number of anilines is 1. The molecule has 1 heterocycles. The fourth-order valence-corrected chi connectivity index (χ4v) is 2.78. The minimum absolute atomic E-state index is 0.298.